The number of carbonyl (C=O) groups excluding carboxylic acids is 2. The molecule has 164 valence electrons. The minimum Gasteiger partial charge on any atom is -0.348 e. The summed E-state index contributed by atoms with van der Waals surface area (Å²) in [6, 6.07) is 13.5. The Morgan fingerprint density at radius 2 is 1.65 bits per heavy atom. The first kappa shape index (κ1) is 21.5. The fourth-order valence-corrected chi connectivity index (χ4v) is 6.18. The topological polar surface area (TPSA) is 78.0 Å². The predicted octanol–water partition coefficient (Wildman–Crippen LogP) is 1.68. The molecular weight excluding hydrogens is 421 g/mol. The average molecular weight is 446 g/mol. The molecule has 0 unspecified atom stereocenters. The zero-order valence-corrected chi connectivity index (χ0v) is 18.2. The van der Waals surface area contributed by atoms with E-state index in [0.29, 0.717) is 12.1 Å². The Hall–Kier alpha value is -2.78. The van der Waals surface area contributed by atoms with E-state index in [1.54, 1.807) is 43.3 Å². The van der Waals surface area contributed by atoms with Crippen LogP contribution in [0.25, 0.3) is 0 Å². The first-order chi connectivity index (χ1) is 14.6. The molecule has 0 N–H and O–H groups in total. The number of hydrogen-bond acceptors (Lipinski definition) is 4. The highest BCUT2D eigenvalue weighted by Crippen LogP contribution is 2.45. The van der Waals surface area contributed by atoms with Crippen molar-refractivity contribution in [1.29, 1.82) is 0 Å². The molecule has 0 spiro atoms. The summed E-state index contributed by atoms with van der Waals surface area (Å²) in [5.41, 5.74) is -0.480. The van der Waals surface area contributed by atoms with E-state index < -0.39 is 21.3 Å². The Labute approximate surface area is 181 Å². The van der Waals surface area contributed by atoms with Crippen LogP contribution in [0.4, 0.5) is 4.39 Å². The standard InChI is InChI=1S/C22H24FN3O4S/c1-24(2)21(28)22-14-25(20(27)16-6-4-3-5-7-16)12-17(22)13-26(15-22)31(29,30)19-10-8-18(23)9-11-19/h3-11,17H,12-15H2,1-2H3/t17-,22-/m0/s1. The average Bonchev–Trinajstić information content (AvgIpc) is 3.29. The Kier molecular flexibility index (Phi) is 5.35. The maximum absolute atomic E-state index is 13.3. The summed E-state index contributed by atoms with van der Waals surface area (Å²) in [4.78, 5) is 29.3. The molecule has 0 radical (unpaired) electrons. The van der Waals surface area contributed by atoms with Gasteiger partial charge in [0, 0.05) is 51.8 Å². The quantitative estimate of drug-likeness (QED) is 0.718. The molecule has 31 heavy (non-hydrogen) atoms. The van der Waals surface area contributed by atoms with Gasteiger partial charge in [0.1, 0.15) is 5.82 Å². The molecule has 0 aromatic heterocycles. The lowest BCUT2D eigenvalue weighted by atomic mass is 9.80. The number of fused-ring (bicyclic) bond motifs is 1. The minimum atomic E-state index is -3.89. The van der Waals surface area contributed by atoms with Crippen molar-refractivity contribution in [3.05, 3.63) is 66.0 Å². The van der Waals surface area contributed by atoms with Gasteiger partial charge in [-0.1, -0.05) is 18.2 Å². The van der Waals surface area contributed by atoms with E-state index in [-0.39, 0.29) is 42.3 Å². The van der Waals surface area contributed by atoms with Gasteiger partial charge >= 0.3 is 0 Å². The van der Waals surface area contributed by atoms with Crippen LogP contribution in [0, 0.1) is 17.2 Å². The number of amides is 2. The molecule has 2 heterocycles. The van der Waals surface area contributed by atoms with Crippen molar-refractivity contribution in [2.75, 3.05) is 40.3 Å². The summed E-state index contributed by atoms with van der Waals surface area (Å²) in [6.07, 6.45) is 0. The number of benzene rings is 2. The van der Waals surface area contributed by atoms with Gasteiger partial charge in [0.25, 0.3) is 5.91 Å². The molecule has 2 aromatic rings. The van der Waals surface area contributed by atoms with Gasteiger partial charge in [0.15, 0.2) is 0 Å². The van der Waals surface area contributed by atoms with E-state index in [4.69, 9.17) is 0 Å². The third kappa shape index (κ3) is 3.61. The molecule has 2 fully saturated rings. The van der Waals surface area contributed by atoms with Gasteiger partial charge in [-0.3, -0.25) is 9.59 Å². The zero-order chi connectivity index (χ0) is 22.4. The van der Waals surface area contributed by atoms with Crippen molar-refractivity contribution in [1.82, 2.24) is 14.1 Å². The number of halogens is 1. The lowest BCUT2D eigenvalue weighted by molar-refractivity contribution is -0.139. The lowest BCUT2D eigenvalue weighted by Gasteiger charge is -2.30. The van der Waals surface area contributed by atoms with Crippen molar-refractivity contribution >= 4 is 21.8 Å². The molecule has 0 saturated carbocycles. The zero-order valence-electron chi connectivity index (χ0n) is 17.4. The molecule has 2 amide bonds. The lowest BCUT2D eigenvalue weighted by Crippen LogP contribution is -2.48. The monoisotopic (exact) mass is 445 g/mol. The highest BCUT2D eigenvalue weighted by atomic mass is 32.2. The summed E-state index contributed by atoms with van der Waals surface area (Å²) in [6.45, 7) is 0.547. The van der Waals surface area contributed by atoms with Gasteiger partial charge in [-0.2, -0.15) is 4.31 Å². The van der Waals surface area contributed by atoms with E-state index in [2.05, 4.69) is 0 Å². The van der Waals surface area contributed by atoms with E-state index >= 15 is 0 Å². The van der Waals surface area contributed by atoms with Crippen molar-refractivity contribution < 1.29 is 22.4 Å². The molecule has 2 aromatic carbocycles. The SMILES string of the molecule is CN(C)C(=O)[C@]12CN(C(=O)c3ccccc3)C[C@H]1CN(S(=O)(=O)c1ccc(F)cc1)C2. The third-order valence-corrected chi connectivity index (χ3v) is 8.00. The summed E-state index contributed by atoms with van der Waals surface area (Å²) >= 11 is 0. The number of nitrogens with zero attached hydrogens (tertiary/aromatic N) is 3. The van der Waals surface area contributed by atoms with Crippen LogP contribution in [0.15, 0.2) is 59.5 Å². The van der Waals surface area contributed by atoms with E-state index in [1.807, 2.05) is 6.07 Å². The van der Waals surface area contributed by atoms with Gasteiger partial charge in [-0.25, -0.2) is 12.8 Å². The van der Waals surface area contributed by atoms with E-state index in [0.717, 1.165) is 12.1 Å². The molecule has 2 atom stereocenters. The molecule has 2 saturated heterocycles. The number of rotatable bonds is 4. The second-order valence-corrected chi connectivity index (χ2v) is 10.3. The second kappa shape index (κ2) is 7.72. The maximum atomic E-state index is 13.3. The maximum Gasteiger partial charge on any atom is 0.253 e. The molecule has 7 nitrogen and oxygen atoms in total. The number of likely N-dealkylation sites (tertiary alicyclic amines) is 1. The second-order valence-electron chi connectivity index (χ2n) is 8.36. The van der Waals surface area contributed by atoms with Crippen molar-refractivity contribution in [3.8, 4) is 0 Å². The van der Waals surface area contributed by atoms with Crippen molar-refractivity contribution in [2.45, 2.75) is 4.90 Å². The number of carbonyl (C=O) groups is 2. The summed E-state index contributed by atoms with van der Waals surface area (Å²) in [5.74, 6) is -1.22. The highest BCUT2D eigenvalue weighted by Gasteiger charge is 2.60. The normalized spacial score (nSPS) is 23.6. The fraction of sp³-hybridized carbons (Fsp3) is 0.364. The molecule has 4 rings (SSSR count). The summed E-state index contributed by atoms with van der Waals surface area (Å²) < 4.78 is 40.8. The first-order valence-electron chi connectivity index (χ1n) is 9.97. The summed E-state index contributed by atoms with van der Waals surface area (Å²) in [5, 5.41) is 0. The molecule has 0 aliphatic carbocycles. The van der Waals surface area contributed by atoms with Crippen LogP contribution in [0.3, 0.4) is 0 Å². The van der Waals surface area contributed by atoms with Crippen molar-refractivity contribution in [2.24, 2.45) is 11.3 Å². The molecular formula is C22H24FN3O4S. The Morgan fingerprint density at radius 3 is 2.26 bits per heavy atom. The Morgan fingerprint density at radius 1 is 1.00 bits per heavy atom. The van der Waals surface area contributed by atoms with E-state index in [9.17, 15) is 22.4 Å². The van der Waals surface area contributed by atoms with Gasteiger partial charge in [-0.15, -0.1) is 0 Å². The fourth-order valence-electron chi connectivity index (χ4n) is 4.62. The van der Waals surface area contributed by atoms with Gasteiger partial charge in [-0.05, 0) is 36.4 Å². The Bertz CT molecular complexity index is 1110. The van der Waals surface area contributed by atoms with Crippen LogP contribution in [-0.2, 0) is 14.8 Å². The van der Waals surface area contributed by atoms with E-state index in [1.165, 1.54) is 21.3 Å². The third-order valence-electron chi connectivity index (χ3n) is 6.17. The number of hydrogen-bond donors (Lipinski definition) is 0. The van der Waals surface area contributed by atoms with Gasteiger partial charge in [0.2, 0.25) is 15.9 Å². The Balaban J connectivity index is 1.64. The van der Waals surface area contributed by atoms with Crippen LogP contribution in [0.1, 0.15) is 10.4 Å². The highest BCUT2D eigenvalue weighted by molar-refractivity contribution is 7.89. The van der Waals surface area contributed by atoms with Crippen molar-refractivity contribution in [3.63, 3.8) is 0 Å². The van der Waals surface area contributed by atoms with Gasteiger partial charge < -0.3 is 9.80 Å². The van der Waals surface area contributed by atoms with Crippen LogP contribution < -0.4 is 0 Å². The van der Waals surface area contributed by atoms with Crippen LogP contribution in [-0.4, -0.2) is 74.6 Å². The first-order valence-corrected chi connectivity index (χ1v) is 11.4. The molecule has 9 heteroatoms. The largest absolute Gasteiger partial charge is 0.348 e. The van der Waals surface area contributed by atoms with Crippen LogP contribution in [0.5, 0.6) is 0 Å². The van der Waals surface area contributed by atoms with Crippen LogP contribution >= 0.6 is 0 Å². The molecule has 0 bridgehead atoms. The molecule has 2 aliphatic rings. The van der Waals surface area contributed by atoms with Crippen LogP contribution in [0.2, 0.25) is 0 Å². The summed E-state index contributed by atoms with van der Waals surface area (Å²) in [7, 11) is -0.628. The molecule has 2 aliphatic heterocycles. The predicted molar refractivity (Wildman–Crippen MR) is 112 cm³/mol. The minimum absolute atomic E-state index is 0.0152. The van der Waals surface area contributed by atoms with Gasteiger partial charge in [0.05, 0.1) is 10.3 Å². The smallest absolute Gasteiger partial charge is 0.253 e. The number of sulfonamides is 1.